The van der Waals surface area contributed by atoms with Crippen molar-refractivity contribution in [3.63, 3.8) is 0 Å². The first-order valence-corrected chi connectivity index (χ1v) is 7.12. The largest absolute Gasteiger partial charge is 0.310 e. The van der Waals surface area contributed by atoms with E-state index in [-0.39, 0.29) is 11.9 Å². The van der Waals surface area contributed by atoms with Gasteiger partial charge in [0.1, 0.15) is 5.82 Å². The highest BCUT2D eigenvalue weighted by atomic mass is 79.9. The summed E-state index contributed by atoms with van der Waals surface area (Å²) in [5.41, 5.74) is 0.688. The minimum absolute atomic E-state index is 0.00452. The van der Waals surface area contributed by atoms with Crippen LogP contribution < -0.4 is 5.32 Å². The number of hydrogen-bond acceptors (Lipinski definition) is 2. The molecule has 0 saturated carbocycles. The maximum absolute atomic E-state index is 13.7. The van der Waals surface area contributed by atoms with Crippen LogP contribution in [-0.2, 0) is 6.54 Å². The van der Waals surface area contributed by atoms with Crippen molar-refractivity contribution in [2.24, 2.45) is 0 Å². The summed E-state index contributed by atoms with van der Waals surface area (Å²) >= 11 is 3.37. The van der Waals surface area contributed by atoms with Crippen molar-refractivity contribution in [2.45, 2.75) is 25.9 Å². The van der Waals surface area contributed by atoms with Crippen LogP contribution >= 0.6 is 15.9 Å². The number of nitrogens with zero attached hydrogens (tertiary/aromatic N) is 2. The highest BCUT2D eigenvalue weighted by molar-refractivity contribution is 9.10. The lowest BCUT2D eigenvalue weighted by Gasteiger charge is -2.15. The summed E-state index contributed by atoms with van der Waals surface area (Å²) in [5.74, 6) is -0.171. The highest BCUT2D eigenvalue weighted by Gasteiger charge is 2.10. The van der Waals surface area contributed by atoms with E-state index in [0.717, 1.165) is 24.0 Å². The van der Waals surface area contributed by atoms with Crippen molar-refractivity contribution in [3.8, 4) is 0 Å². The third-order valence-corrected chi connectivity index (χ3v) is 3.49. The molecule has 2 aromatic rings. The van der Waals surface area contributed by atoms with Crippen molar-refractivity contribution in [1.82, 2.24) is 15.1 Å². The fourth-order valence-corrected chi connectivity index (χ4v) is 2.33. The normalized spacial score (nSPS) is 12.6. The number of nitrogens with one attached hydrogen (secondary N) is 1. The first-order chi connectivity index (χ1) is 9.16. The van der Waals surface area contributed by atoms with Gasteiger partial charge in [-0.2, -0.15) is 5.10 Å². The average Bonchev–Trinajstić information content (AvgIpc) is 2.90. The van der Waals surface area contributed by atoms with Gasteiger partial charge >= 0.3 is 0 Å². The van der Waals surface area contributed by atoms with Crippen molar-refractivity contribution >= 4 is 15.9 Å². The topological polar surface area (TPSA) is 29.9 Å². The Balaban J connectivity index is 1.80. The van der Waals surface area contributed by atoms with Gasteiger partial charge in [0, 0.05) is 35.0 Å². The molecule has 19 heavy (non-hydrogen) atoms. The lowest BCUT2D eigenvalue weighted by atomic mass is 10.1. The van der Waals surface area contributed by atoms with Gasteiger partial charge in [0.25, 0.3) is 0 Å². The van der Waals surface area contributed by atoms with Crippen LogP contribution in [0, 0.1) is 5.82 Å². The monoisotopic (exact) mass is 325 g/mol. The Morgan fingerprint density at radius 2 is 2.32 bits per heavy atom. The molecule has 0 amide bonds. The standard InChI is InChI=1S/C14H17BrFN3/c1-11(13-10-12(15)4-5-14(13)16)17-6-2-8-19-9-3-7-18-19/h3-5,7,9-11,17H,2,6,8H2,1H3. The molecule has 0 saturated heterocycles. The Morgan fingerprint density at radius 1 is 1.47 bits per heavy atom. The van der Waals surface area contributed by atoms with Gasteiger partial charge in [-0.25, -0.2) is 4.39 Å². The van der Waals surface area contributed by atoms with E-state index in [2.05, 4.69) is 26.3 Å². The van der Waals surface area contributed by atoms with Crippen molar-refractivity contribution in [2.75, 3.05) is 6.54 Å². The number of benzene rings is 1. The van der Waals surface area contributed by atoms with Gasteiger partial charge in [-0.15, -0.1) is 0 Å². The molecule has 0 aliphatic heterocycles. The van der Waals surface area contributed by atoms with Crippen LogP contribution in [0.25, 0.3) is 0 Å². The molecule has 5 heteroatoms. The fraction of sp³-hybridized carbons (Fsp3) is 0.357. The van der Waals surface area contributed by atoms with Crippen LogP contribution in [0.15, 0.2) is 41.1 Å². The second-order valence-electron chi connectivity index (χ2n) is 4.46. The summed E-state index contributed by atoms with van der Waals surface area (Å²) in [5, 5.41) is 7.47. The molecule has 0 radical (unpaired) electrons. The molecule has 1 N–H and O–H groups in total. The van der Waals surface area contributed by atoms with E-state index in [1.165, 1.54) is 6.07 Å². The number of aromatic nitrogens is 2. The summed E-state index contributed by atoms with van der Waals surface area (Å²) in [7, 11) is 0. The first-order valence-electron chi connectivity index (χ1n) is 6.32. The maximum atomic E-state index is 13.7. The molecule has 0 spiro atoms. The SMILES string of the molecule is CC(NCCCn1cccn1)c1cc(Br)ccc1F. The zero-order valence-electron chi connectivity index (χ0n) is 10.8. The van der Waals surface area contributed by atoms with Crippen LogP contribution in [0.4, 0.5) is 4.39 Å². The Hall–Kier alpha value is -1.20. The number of halogens is 2. The number of aryl methyl sites for hydroxylation is 1. The molecule has 0 fully saturated rings. The van der Waals surface area contributed by atoms with Gasteiger partial charge in [0.15, 0.2) is 0 Å². The summed E-state index contributed by atoms with van der Waals surface area (Å²) in [4.78, 5) is 0. The Morgan fingerprint density at radius 3 is 3.05 bits per heavy atom. The summed E-state index contributed by atoms with van der Waals surface area (Å²) in [6.07, 6.45) is 4.67. The van der Waals surface area contributed by atoms with Gasteiger partial charge in [0.2, 0.25) is 0 Å². The third kappa shape index (κ3) is 4.14. The second-order valence-corrected chi connectivity index (χ2v) is 5.38. The van der Waals surface area contributed by atoms with Crippen molar-refractivity contribution < 1.29 is 4.39 Å². The fourth-order valence-electron chi connectivity index (χ4n) is 1.95. The van der Waals surface area contributed by atoms with Crippen LogP contribution in [0.1, 0.15) is 24.9 Å². The quantitative estimate of drug-likeness (QED) is 0.823. The Bertz CT molecular complexity index is 513. The van der Waals surface area contributed by atoms with Gasteiger partial charge in [-0.05, 0) is 44.2 Å². The van der Waals surface area contributed by atoms with Crippen molar-refractivity contribution in [3.05, 3.63) is 52.5 Å². The zero-order chi connectivity index (χ0) is 13.7. The molecule has 1 atom stereocenters. The second kappa shape index (κ2) is 6.82. The average molecular weight is 326 g/mol. The lowest BCUT2D eigenvalue weighted by Crippen LogP contribution is -2.22. The lowest BCUT2D eigenvalue weighted by molar-refractivity contribution is 0.491. The third-order valence-electron chi connectivity index (χ3n) is 3.00. The van der Waals surface area contributed by atoms with E-state index in [4.69, 9.17) is 0 Å². The van der Waals surface area contributed by atoms with Crippen molar-refractivity contribution in [1.29, 1.82) is 0 Å². The molecule has 2 rings (SSSR count). The van der Waals surface area contributed by atoms with Gasteiger partial charge in [-0.3, -0.25) is 4.68 Å². The maximum Gasteiger partial charge on any atom is 0.128 e. The van der Waals surface area contributed by atoms with E-state index in [0.29, 0.717) is 5.56 Å². The van der Waals surface area contributed by atoms with Crippen LogP contribution in [0.3, 0.4) is 0 Å². The summed E-state index contributed by atoms with van der Waals surface area (Å²) in [6, 6.07) is 6.92. The molecule has 1 heterocycles. The van der Waals surface area contributed by atoms with Crippen LogP contribution in [0.5, 0.6) is 0 Å². The molecule has 0 aliphatic carbocycles. The van der Waals surface area contributed by atoms with E-state index >= 15 is 0 Å². The van der Waals surface area contributed by atoms with E-state index in [9.17, 15) is 4.39 Å². The number of rotatable bonds is 6. The van der Waals surface area contributed by atoms with Crippen LogP contribution in [0.2, 0.25) is 0 Å². The minimum Gasteiger partial charge on any atom is -0.310 e. The highest BCUT2D eigenvalue weighted by Crippen LogP contribution is 2.21. The molecular formula is C14H17BrFN3. The van der Waals surface area contributed by atoms with Crippen LogP contribution in [-0.4, -0.2) is 16.3 Å². The Kier molecular flexibility index (Phi) is 5.10. The predicted molar refractivity (Wildman–Crippen MR) is 77.4 cm³/mol. The molecule has 1 aromatic heterocycles. The molecule has 0 bridgehead atoms. The molecule has 3 nitrogen and oxygen atoms in total. The van der Waals surface area contributed by atoms with E-state index in [1.807, 2.05) is 29.9 Å². The van der Waals surface area contributed by atoms with E-state index < -0.39 is 0 Å². The predicted octanol–water partition coefficient (Wildman–Crippen LogP) is 3.53. The molecule has 0 aliphatic rings. The van der Waals surface area contributed by atoms with Gasteiger partial charge in [0.05, 0.1) is 0 Å². The molecule has 1 unspecified atom stereocenters. The molecule has 102 valence electrons. The van der Waals surface area contributed by atoms with Gasteiger partial charge in [-0.1, -0.05) is 15.9 Å². The molecule has 1 aromatic carbocycles. The summed E-state index contributed by atoms with van der Waals surface area (Å²) in [6.45, 7) is 3.67. The van der Waals surface area contributed by atoms with E-state index in [1.54, 1.807) is 12.3 Å². The minimum atomic E-state index is -0.171. The zero-order valence-corrected chi connectivity index (χ0v) is 12.4. The smallest absolute Gasteiger partial charge is 0.128 e. The van der Waals surface area contributed by atoms with Gasteiger partial charge < -0.3 is 5.32 Å². The summed E-state index contributed by atoms with van der Waals surface area (Å²) < 4.78 is 16.5. The number of hydrogen-bond donors (Lipinski definition) is 1. The molecular weight excluding hydrogens is 309 g/mol. The first kappa shape index (κ1) is 14.2. The Labute approximate surface area is 121 Å².